The normalized spacial score (nSPS) is 28.6. The second kappa shape index (κ2) is 7.17. The highest BCUT2D eigenvalue weighted by molar-refractivity contribution is 5.91. The highest BCUT2D eigenvalue weighted by atomic mass is 16.8. The number of rotatable bonds is 4. The summed E-state index contributed by atoms with van der Waals surface area (Å²) in [6.07, 6.45) is -0.292. The summed E-state index contributed by atoms with van der Waals surface area (Å²) >= 11 is 0. The number of anilines is 1. The van der Waals surface area contributed by atoms with Crippen molar-refractivity contribution in [2.24, 2.45) is 5.92 Å². The van der Waals surface area contributed by atoms with Crippen molar-refractivity contribution in [2.45, 2.75) is 58.0 Å². The lowest BCUT2D eigenvalue weighted by Gasteiger charge is -2.37. The van der Waals surface area contributed by atoms with Crippen LogP contribution in [0.25, 0.3) is 11.2 Å². The SMILES string of the molecule is CO[C@@H]1[C@H]2OC(C)(C)O[C@H]2CO[C@H]1n1cnc2c(=O)[nH]c(NC(=O)C(C)C)nc21. The van der Waals surface area contributed by atoms with Gasteiger partial charge in [-0.3, -0.25) is 24.5 Å². The maximum atomic E-state index is 12.4. The number of hydrogen-bond donors (Lipinski definition) is 2. The van der Waals surface area contributed by atoms with Gasteiger partial charge in [-0.15, -0.1) is 0 Å². The first-order valence-electron chi connectivity index (χ1n) is 9.48. The Kier molecular flexibility index (Phi) is 4.93. The molecule has 29 heavy (non-hydrogen) atoms. The second-order valence-corrected chi connectivity index (χ2v) is 7.95. The average Bonchev–Trinajstić information content (AvgIpc) is 3.20. The van der Waals surface area contributed by atoms with Gasteiger partial charge in [-0.1, -0.05) is 13.8 Å². The Bertz CT molecular complexity index is 983. The molecule has 2 aromatic heterocycles. The Morgan fingerprint density at radius 2 is 2.17 bits per heavy atom. The minimum atomic E-state index is -0.745. The lowest BCUT2D eigenvalue weighted by molar-refractivity contribution is -0.191. The summed E-state index contributed by atoms with van der Waals surface area (Å²) in [5.74, 6) is -1.22. The third kappa shape index (κ3) is 3.54. The van der Waals surface area contributed by atoms with Crippen molar-refractivity contribution >= 4 is 23.0 Å². The summed E-state index contributed by atoms with van der Waals surface area (Å²) in [4.78, 5) is 35.5. The molecular formula is C18H25N5O6. The first kappa shape index (κ1) is 20.0. The molecule has 158 valence electrons. The molecule has 0 unspecified atom stereocenters. The van der Waals surface area contributed by atoms with Crippen LogP contribution in [0.15, 0.2) is 11.1 Å². The number of imidazole rings is 1. The van der Waals surface area contributed by atoms with E-state index in [1.165, 1.54) is 6.33 Å². The first-order valence-corrected chi connectivity index (χ1v) is 9.48. The van der Waals surface area contributed by atoms with Crippen LogP contribution < -0.4 is 10.9 Å². The number of amides is 1. The number of nitrogens with one attached hydrogen (secondary N) is 2. The molecule has 2 fully saturated rings. The monoisotopic (exact) mass is 407 g/mol. The van der Waals surface area contributed by atoms with Crippen LogP contribution in [-0.2, 0) is 23.7 Å². The van der Waals surface area contributed by atoms with E-state index in [0.717, 1.165) is 0 Å². The largest absolute Gasteiger partial charge is 0.374 e. The van der Waals surface area contributed by atoms with Crippen LogP contribution in [0.4, 0.5) is 5.95 Å². The predicted molar refractivity (Wildman–Crippen MR) is 101 cm³/mol. The smallest absolute Gasteiger partial charge is 0.280 e. The molecule has 0 saturated carbocycles. The van der Waals surface area contributed by atoms with Crippen LogP contribution >= 0.6 is 0 Å². The molecule has 0 aliphatic carbocycles. The van der Waals surface area contributed by atoms with Crippen molar-refractivity contribution in [3.63, 3.8) is 0 Å². The van der Waals surface area contributed by atoms with E-state index < -0.39 is 23.7 Å². The van der Waals surface area contributed by atoms with E-state index in [2.05, 4.69) is 20.3 Å². The quantitative estimate of drug-likeness (QED) is 0.761. The van der Waals surface area contributed by atoms with Gasteiger partial charge in [0, 0.05) is 13.0 Å². The minimum absolute atomic E-state index is 0.0483. The number of ether oxygens (including phenoxy) is 4. The van der Waals surface area contributed by atoms with E-state index in [1.54, 1.807) is 25.5 Å². The highest BCUT2D eigenvalue weighted by Gasteiger charge is 2.52. The molecule has 4 rings (SSSR count). The van der Waals surface area contributed by atoms with Crippen LogP contribution in [0.2, 0.25) is 0 Å². The lowest BCUT2D eigenvalue weighted by atomic mass is 10.0. The number of aromatic nitrogens is 4. The molecule has 4 atom stereocenters. The summed E-state index contributed by atoms with van der Waals surface area (Å²) < 4.78 is 25.2. The number of H-pyrrole nitrogens is 1. The van der Waals surface area contributed by atoms with E-state index in [4.69, 9.17) is 18.9 Å². The lowest BCUT2D eigenvalue weighted by Crippen LogP contribution is -2.50. The molecule has 4 heterocycles. The Hall–Kier alpha value is -2.34. The molecule has 2 saturated heterocycles. The van der Waals surface area contributed by atoms with E-state index in [-0.39, 0.29) is 41.1 Å². The Morgan fingerprint density at radius 1 is 1.41 bits per heavy atom. The zero-order valence-corrected chi connectivity index (χ0v) is 17.0. The number of aromatic amines is 1. The first-order chi connectivity index (χ1) is 13.7. The summed E-state index contributed by atoms with van der Waals surface area (Å²) in [7, 11) is 1.56. The molecule has 2 aliphatic heterocycles. The number of carbonyl (C=O) groups is 1. The van der Waals surface area contributed by atoms with E-state index in [9.17, 15) is 9.59 Å². The van der Waals surface area contributed by atoms with E-state index in [1.807, 2.05) is 13.8 Å². The van der Waals surface area contributed by atoms with Crippen molar-refractivity contribution in [2.75, 3.05) is 19.0 Å². The molecule has 1 amide bonds. The Morgan fingerprint density at radius 3 is 2.86 bits per heavy atom. The molecule has 11 heteroatoms. The zero-order valence-electron chi connectivity index (χ0n) is 17.0. The van der Waals surface area contributed by atoms with Crippen molar-refractivity contribution in [3.05, 3.63) is 16.7 Å². The number of fused-ring (bicyclic) bond motifs is 2. The van der Waals surface area contributed by atoms with Crippen LogP contribution in [0.1, 0.15) is 33.9 Å². The average molecular weight is 407 g/mol. The summed E-state index contributed by atoms with van der Waals surface area (Å²) in [6.45, 7) is 7.46. The Labute approximate surface area is 166 Å². The van der Waals surface area contributed by atoms with Gasteiger partial charge in [0.05, 0.1) is 12.9 Å². The number of hydrogen-bond acceptors (Lipinski definition) is 8. The molecule has 2 aliphatic rings. The topological polar surface area (TPSA) is 130 Å². The number of methoxy groups -OCH3 is 1. The maximum Gasteiger partial charge on any atom is 0.280 e. The van der Waals surface area contributed by atoms with Gasteiger partial charge < -0.3 is 18.9 Å². The van der Waals surface area contributed by atoms with Gasteiger partial charge in [0.25, 0.3) is 5.56 Å². The summed E-state index contributed by atoms with van der Waals surface area (Å²) in [5, 5.41) is 2.60. The molecular weight excluding hydrogens is 382 g/mol. The fraction of sp³-hybridized carbons (Fsp3) is 0.667. The third-order valence-electron chi connectivity index (χ3n) is 5.00. The molecule has 0 radical (unpaired) electrons. The molecule has 0 bridgehead atoms. The van der Waals surface area contributed by atoms with Crippen molar-refractivity contribution in [1.82, 2.24) is 19.5 Å². The van der Waals surface area contributed by atoms with E-state index >= 15 is 0 Å². The van der Waals surface area contributed by atoms with Crippen molar-refractivity contribution in [1.29, 1.82) is 0 Å². The molecule has 2 aromatic rings. The van der Waals surface area contributed by atoms with Crippen LogP contribution in [0.3, 0.4) is 0 Å². The molecule has 2 N–H and O–H groups in total. The summed E-state index contributed by atoms with van der Waals surface area (Å²) in [5.41, 5.74) is -0.0504. The van der Waals surface area contributed by atoms with Crippen molar-refractivity contribution < 1.29 is 23.7 Å². The van der Waals surface area contributed by atoms with E-state index in [0.29, 0.717) is 6.61 Å². The fourth-order valence-electron chi connectivity index (χ4n) is 3.64. The number of nitrogens with zero attached hydrogens (tertiary/aromatic N) is 3. The predicted octanol–water partition coefficient (Wildman–Crippen LogP) is 0.778. The van der Waals surface area contributed by atoms with Gasteiger partial charge in [0.2, 0.25) is 11.9 Å². The minimum Gasteiger partial charge on any atom is -0.374 e. The Balaban J connectivity index is 1.71. The molecule has 0 spiro atoms. The van der Waals surface area contributed by atoms with Crippen LogP contribution in [0.5, 0.6) is 0 Å². The van der Waals surface area contributed by atoms with Crippen LogP contribution in [-0.4, -0.2) is 63.2 Å². The zero-order chi connectivity index (χ0) is 20.9. The standard InChI is InChI=1S/C18H25N5O6/c1-8(2)14(24)21-17-20-13-10(15(25)22-17)19-7-23(13)16-12(26-5)11-9(6-27-16)28-18(3,4)29-11/h7-9,11-12,16H,6H2,1-5H3,(H2,20,21,22,24,25)/t9-,11-,12+,16+/m0/s1. The second-order valence-electron chi connectivity index (χ2n) is 7.95. The molecule has 11 nitrogen and oxygen atoms in total. The van der Waals surface area contributed by atoms with Gasteiger partial charge in [-0.2, -0.15) is 4.98 Å². The van der Waals surface area contributed by atoms with Crippen molar-refractivity contribution in [3.8, 4) is 0 Å². The fourth-order valence-corrected chi connectivity index (χ4v) is 3.64. The summed E-state index contributed by atoms with van der Waals surface area (Å²) in [6, 6.07) is 0. The van der Waals surface area contributed by atoms with Gasteiger partial charge in [-0.25, -0.2) is 4.98 Å². The van der Waals surface area contributed by atoms with Gasteiger partial charge >= 0.3 is 0 Å². The third-order valence-corrected chi connectivity index (χ3v) is 5.00. The van der Waals surface area contributed by atoms with Gasteiger partial charge in [-0.05, 0) is 13.8 Å². The molecule has 0 aromatic carbocycles. The number of carbonyl (C=O) groups excluding carboxylic acids is 1. The highest BCUT2D eigenvalue weighted by Crippen LogP contribution is 2.39. The maximum absolute atomic E-state index is 12.4. The van der Waals surface area contributed by atoms with Crippen LogP contribution in [0, 0.1) is 5.92 Å². The van der Waals surface area contributed by atoms with Gasteiger partial charge in [0.1, 0.15) is 18.3 Å². The van der Waals surface area contributed by atoms with Gasteiger partial charge in [0.15, 0.2) is 23.2 Å².